The fourth-order valence-corrected chi connectivity index (χ4v) is 4.12. The number of amides is 1. The molecule has 0 spiro atoms. The van der Waals surface area contributed by atoms with Gasteiger partial charge in [-0.25, -0.2) is 14.4 Å². The monoisotopic (exact) mass is 446 g/mol. The molecule has 4 fully saturated rings. The van der Waals surface area contributed by atoms with Gasteiger partial charge in [-0.3, -0.25) is 0 Å². The van der Waals surface area contributed by atoms with E-state index in [1.807, 2.05) is 36.4 Å². The molecular formula is C24H34N2O6. The number of rotatable bonds is 4. The Bertz CT molecular complexity index is 682. The van der Waals surface area contributed by atoms with Gasteiger partial charge in [0, 0.05) is 57.1 Å². The van der Waals surface area contributed by atoms with Crippen LogP contribution in [0.4, 0.5) is 4.79 Å². The maximum absolute atomic E-state index is 12.0. The molecule has 3 heterocycles. The van der Waals surface area contributed by atoms with Crippen LogP contribution in [0.1, 0.15) is 51.4 Å². The van der Waals surface area contributed by atoms with Crippen molar-refractivity contribution in [2.75, 3.05) is 19.6 Å². The van der Waals surface area contributed by atoms with E-state index in [0.717, 1.165) is 51.7 Å². The highest BCUT2D eigenvalue weighted by molar-refractivity contribution is 5.89. The number of hydrogen-bond donors (Lipinski definition) is 3. The Balaban J connectivity index is 0.000000215. The average molecular weight is 447 g/mol. The highest BCUT2D eigenvalue weighted by Crippen LogP contribution is 2.35. The standard InChI is InChI=1S/C14H24N2O2.C6H6.C4H4O4/c17-13(15-12-4-2-1-3-5-12)18-14-6-9-16(10-7-14)11-8-14;1-2-4-6-5-3-1;5-3(6)1-2-4(7)8/h12H,1-11H2,(H,15,17);1-6H;1-2H,(H,5,6)(H,7,8)/b;;2-1+. The molecule has 0 atom stereocenters. The zero-order valence-corrected chi connectivity index (χ0v) is 18.4. The summed E-state index contributed by atoms with van der Waals surface area (Å²) in [7, 11) is 0. The predicted molar refractivity (Wildman–Crippen MR) is 120 cm³/mol. The fraction of sp³-hybridized carbons (Fsp3) is 0.542. The van der Waals surface area contributed by atoms with Gasteiger partial charge in [-0.2, -0.15) is 0 Å². The molecule has 32 heavy (non-hydrogen) atoms. The molecule has 4 aliphatic rings. The molecule has 1 amide bonds. The van der Waals surface area contributed by atoms with Crippen LogP contribution in [0.15, 0.2) is 48.6 Å². The topological polar surface area (TPSA) is 116 Å². The van der Waals surface area contributed by atoms with Gasteiger partial charge in [0.1, 0.15) is 5.60 Å². The molecule has 0 radical (unpaired) electrons. The van der Waals surface area contributed by atoms with Gasteiger partial charge in [-0.05, 0) is 12.8 Å². The van der Waals surface area contributed by atoms with E-state index in [4.69, 9.17) is 14.9 Å². The number of nitrogens with zero attached hydrogens (tertiary/aromatic N) is 1. The number of ether oxygens (including phenoxy) is 1. The van der Waals surface area contributed by atoms with Gasteiger partial charge in [0.15, 0.2) is 0 Å². The van der Waals surface area contributed by atoms with Crippen molar-refractivity contribution >= 4 is 18.0 Å². The van der Waals surface area contributed by atoms with Crippen molar-refractivity contribution in [3.63, 3.8) is 0 Å². The van der Waals surface area contributed by atoms with Crippen LogP contribution in [0.5, 0.6) is 0 Å². The smallest absolute Gasteiger partial charge is 0.407 e. The Kier molecular flexibility index (Phi) is 10.7. The van der Waals surface area contributed by atoms with Gasteiger partial charge in [0.25, 0.3) is 0 Å². The second-order valence-corrected chi connectivity index (χ2v) is 8.31. The quantitative estimate of drug-likeness (QED) is 0.604. The lowest BCUT2D eigenvalue weighted by Crippen LogP contribution is -2.55. The Morgan fingerprint density at radius 2 is 1.25 bits per heavy atom. The third-order valence-corrected chi connectivity index (χ3v) is 5.92. The molecule has 0 unspecified atom stereocenters. The largest absolute Gasteiger partial charge is 0.478 e. The summed E-state index contributed by atoms with van der Waals surface area (Å²) in [6.07, 6.45) is 10.0. The number of carbonyl (C=O) groups is 3. The molecule has 3 aliphatic heterocycles. The molecule has 1 saturated carbocycles. The molecule has 5 rings (SSSR count). The Morgan fingerprint density at radius 3 is 1.66 bits per heavy atom. The maximum atomic E-state index is 12.0. The minimum Gasteiger partial charge on any atom is -0.478 e. The average Bonchev–Trinajstić information content (AvgIpc) is 2.81. The van der Waals surface area contributed by atoms with Crippen molar-refractivity contribution in [2.45, 2.75) is 63.0 Å². The Hall–Kier alpha value is -2.87. The lowest BCUT2D eigenvalue weighted by Gasteiger charge is -2.47. The summed E-state index contributed by atoms with van der Waals surface area (Å²) in [5, 5.41) is 18.7. The number of fused-ring (bicyclic) bond motifs is 3. The van der Waals surface area contributed by atoms with Crippen LogP contribution in [0.2, 0.25) is 0 Å². The number of carbonyl (C=O) groups excluding carboxylic acids is 1. The predicted octanol–water partition coefficient (Wildman–Crippen LogP) is 3.68. The first-order valence-electron chi connectivity index (χ1n) is 11.2. The third kappa shape index (κ3) is 9.96. The van der Waals surface area contributed by atoms with E-state index in [1.165, 1.54) is 19.3 Å². The molecule has 2 bridgehead atoms. The summed E-state index contributed by atoms with van der Waals surface area (Å²) < 4.78 is 5.79. The summed E-state index contributed by atoms with van der Waals surface area (Å²) in [5.74, 6) is -2.51. The highest BCUT2D eigenvalue weighted by Gasteiger charge is 2.42. The number of aliphatic carboxylic acids is 2. The van der Waals surface area contributed by atoms with Gasteiger partial charge in [0.05, 0.1) is 0 Å². The van der Waals surface area contributed by atoms with E-state index in [9.17, 15) is 14.4 Å². The SMILES string of the molecule is O=C(NC1CCCCC1)OC12CCN(CC1)CC2.O=C(O)/C=C/C(=O)O.c1ccccc1. The molecule has 1 aromatic carbocycles. The molecular weight excluding hydrogens is 412 g/mol. The number of benzene rings is 1. The van der Waals surface area contributed by atoms with Crippen LogP contribution in [0.25, 0.3) is 0 Å². The fourth-order valence-electron chi connectivity index (χ4n) is 4.12. The lowest BCUT2D eigenvalue weighted by molar-refractivity contribution is -0.134. The van der Waals surface area contributed by atoms with Crippen LogP contribution in [-0.4, -0.2) is 64.4 Å². The van der Waals surface area contributed by atoms with Gasteiger partial charge in [-0.1, -0.05) is 55.7 Å². The van der Waals surface area contributed by atoms with E-state index in [1.54, 1.807) is 0 Å². The van der Waals surface area contributed by atoms with E-state index >= 15 is 0 Å². The number of nitrogens with one attached hydrogen (secondary N) is 1. The molecule has 176 valence electrons. The van der Waals surface area contributed by atoms with Crippen LogP contribution in [0, 0.1) is 0 Å². The van der Waals surface area contributed by atoms with Gasteiger partial charge in [0.2, 0.25) is 0 Å². The molecule has 1 aliphatic carbocycles. The molecule has 8 heteroatoms. The number of alkyl carbamates (subject to hydrolysis) is 1. The summed E-state index contributed by atoms with van der Waals surface area (Å²) >= 11 is 0. The van der Waals surface area contributed by atoms with Crippen LogP contribution in [0.3, 0.4) is 0 Å². The number of carboxylic acid groups (broad SMARTS) is 2. The Labute approximate surface area is 189 Å². The van der Waals surface area contributed by atoms with Gasteiger partial charge in [-0.15, -0.1) is 0 Å². The van der Waals surface area contributed by atoms with E-state index in [0.29, 0.717) is 18.2 Å². The first-order chi connectivity index (χ1) is 15.4. The lowest BCUT2D eigenvalue weighted by atomic mass is 9.83. The minimum atomic E-state index is -1.26. The molecule has 1 aromatic rings. The van der Waals surface area contributed by atoms with Gasteiger partial charge >= 0.3 is 18.0 Å². The number of hydrogen-bond acceptors (Lipinski definition) is 5. The minimum absolute atomic E-state index is 0.145. The summed E-state index contributed by atoms with van der Waals surface area (Å²) in [4.78, 5) is 33.6. The van der Waals surface area contributed by atoms with Crippen molar-refractivity contribution in [2.24, 2.45) is 0 Å². The van der Waals surface area contributed by atoms with Crippen molar-refractivity contribution in [1.29, 1.82) is 0 Å². The number of piperidine rings is 3. The summed E-state index contributed by atoms with van der Waals surface area (Å²) in [6.45, 7) is 3.28. The summed E-state index contributed by atoms with van der Waals surface area (Å²) in [6, 6.07) is 12.4. The highest BCUT2D eigenvalue weighted by atomic mass is 16.6. The van der Waals surface area contributed by atoms with Crippen molar-refractivity contribution in [3.8, 4) is 0 Å². The number of carboxylic acids is 2. The van der Waals surface area contributed by atoms with E-state index < -0.39 is 11.9 Å². The van der Waals surface area contributed by atoms with E-state index in [-0.39, 0.29) is 11.7 Å². The van der Waals surface area contributed by atoms with Gasteiger partial charge < -0.3 is 25.2 Å². The zero-order valence-electron chi connectivity index (χ0n) is 18.4. The first kappa shape index (κ1) is 25.4. The maximum Gasteiger partial charge on any atom is 0.407 e. The zero-order chi connectivity index (χ0) is 23.2. The summed E-state index contributed by atoms with van der Waals surface area (Å²) in [5.41, 5.74) is -0.145. The molecule has 0 aromatic heterocycles. The third-order valence-electron chi connectivity index (χ3n) is 5.92. The van der Waals surface area contributed by atoms with Crippen molar-refractivity contribution < 1.29 is 29.3 Å². The van der Waals surface area contributed by atoms with Crippen LogP contribution in [-0.2, 0) is 14.3 Å². The first-order valence-corrected chi connectivity index (χ1v) is 11.2. The van der Waals surface area contributed by atoms with Crippen LogP contribution < -0.4 is 5.32 Å². The molecule has 8 nitrogen and oxygen atoms in total. The second kappa shape index (κ2) is 13.5. The molecule has 3 N–H and O–H groups in total. The Morgan fingerprint density at radius 1 is 0.812 bits per heavy atom. The van der Waals surface area contributed by atoms with Crippen molar-refractivity contribution in [3.05, 3.63) is 48.6 Å². The second-order valence-electron chi connectivity index (χ2n) is 8.31. The van der Waals surface area contributed by atoms with E-state index in [2.05, 4.69) is 10.2 Å². The van der Waals surface area contributed by atoms with Crippen LogP contribution >= 0.6 is 0 Å². The molecule has 3 saturated heterocycles. The van der Waals surface area contributed by atoms with Crippen molar-refractivity contribution in [1.82, 2.24) is 10.2 Å². The normalized spacial score (nSPS) is 24.3.